The van der Waals surface area contributed by atoms with E-state index in [0.717, 1.165) is 18.2 Å². The molecule has 1 aromatic carbocycles. The maximum absolute atomic E-state index is 14.5. The maximum atomic E-state index is 14.5. The van der Waals surface area contributed by atoms with Gasteiger partial charge in [-0.1, -0.05) is 10.4 Å². The Labute approximate surface area is 223 Å². The molecule has 4 rings (SSSR count). The lowest BCUT2D eigenvalue weighted by atomic mass is 10.1. The molecular weight excluding hydrogens is 550 g/mol. The van der Waals surface area contributed by atoms with Crippen molar-refractivity contribution >= 4 is 11.7 Å². The summed E-state index contributed by atoms with van der Waals surface area (Å²) in [5, 5.41) is 17.4. The number of aryl methyl sites for hydroxylation is 1. The number of nitrogens with one attached hydrogen (secondary N) is 1. The lowest BCUT2D eigenvalue weighted by Gasteiger charge is -2.33. The van der Waals surface area contributed by atoms with E-state index in [0.29, 0.717) is 5.69 Å². The van der Waals surface area contributed by atoms with Crippen LogP contribution in [-0.2, 0) is 30.8 Å². The highest BCUT2D eigenvalue weighted by Crippen LogP contribution is 2.24. The molecular formula is C23H24F6N8O3. The summed E-state index contributed by atoms with van der Waals surface area (Å²) in [4.78, 5) is 26.0. The van der Waals surface area contributed by atoms with Gasteiger partial charge in [0.05, 0.1) is 31.4 Å². The number of nitrogens with zero attached hydrogens (tertiary/aromatic N) is 7. The van der Waals surface area contributed by atoms with Crippen LogP contribution in [0.5, 0.6) is 5.75 Å². The molecule has 1 fully saturated rings. The molecule has 2 aromatic heterocycles. The molecule has 1 N–H and O–H groups in total. The number of hydrogen-bond acceptors (Lipinski definition) is 8. The molecule has 40 heavy (non-hydrogen) atoms. The van der Waals surface area contributed by atoms with E-state index in [1.165, 1.54) is 21.8 Å². The van der Waals surface area contributed by atoms with E-state index in [1.807, 2.05) is 0 Å². The van der Waals surface area contributed by atoms with E-state index in [2.05, 4.69) is 30.7 Å². The first-order chi connectivity index (χ1) is 18.9. The Morgan fingerprint density at radius 3 is 2.60 bits per heavy atom. The highest BCUT2D eigenvalue weighted by Gasteiger charge is 2.31. The third-order valence-corrected chi connectivity index (χ3v) is 5.79. The number of ether oxygens (including phenoxy) is 1. The third-order valence-electron chi connectivity index (χ3n) is 5.79. The van der Waals surface area contributed by atoms with Crippen LogP contribution in [0.15, 0.2) is 30.6 Å². The zero-order valence-corrected chi connectivity index (χ0v) is 20.8. The Hall–Kier alpha value is -4.02. The van der Waals surface area contributed by atoms with Crippen molar-refractivity contribution in [2.24, 2.45) is 0 Å². The number of hydrogen-bond donors (Lipinski definition) is 1. The van der Waals surface area contributed by atoms with E-state index < -0.39 is 42.7 Å². The summed E-state index contributed by atoms with van der Waals surface area (Å²) >= 11 is 0. The van der Waals surface area contributed by atoms with Gasteiger partial charge in [0.25, 0.3) is 5.91 Å². The quantitative estimate of drug-likeness (QED) is 0.308. The number of Topliss-reactive ketones (excluding diaryl/α,β-unsaturated/α-hetero) is 1. The van der Waals surface area contributed by atoms with Gasteiger partial charge in [0.1, 0.15) is 23.9 Å². The van der Waals surface area contributed by atoms with Gasteiger partial charge in [0, 0.05) is 44.4 Å². The van der Waals surface area contributed by atoms with Crippen LogP contribution in [0.4, 0.5) is 26.3 Å². The number of halogens is 6. The largest absolute Gasteiger partial charge is 0.573 e. The molecule has 1 aliphatic rings. The summed E-state index contributed by atoms with van der Waals surface area (Å²) in [5.74, 6) is -2.40. The average molecular weight is 574 g/mol. The average Bonchev–Trinajstić information content (AvgIpc) is 3.50. The first kappa shape index (κ1) is 29.0. The van der Waals surface area contributed by atoms with E-state index in [-0.39, 0.29) is 62.6 Å². The topological polar surface area (TPSA) is 120 Å². The van der Waals surface area contributed by atoms with Crippen molar-refractivity contribution in [2.45, 2.75) is 51.2 Å². The van der Waals surface area contributed by atoms with E-state index in [4.69, 9.17) is 0 Å². The van der Waals surface area contributed by atoms with Crippen molar-refractivity contribution in [3.8, 4) is 5.75 Å². The van der Waals surface area contributed by atoms with Crippen molar-refractivity contribution < 1.29 is 40.7 Å². The predicted molar refractivity (Wildman–Crippen MR) is 124 cm³/mol. The number of amides is 1. The van der Waals surface area contributed by atoms with E-state index in [9.17, 15) is 35.9 Å². The van der Waals surface area contributed by atoms with Crippen LogP contribution in [0.2, 0.25) is 0 Å². The molecule has 0 saturated carbocycles. The fourth-order valence-corrected chi connectivity index (χ4v) is 3.88. The Kier molecular flexibility index (Phi) is 9.01. The van der Waals surface area contributed by atoms with Crippen molar-refractivity contribution in [2.75, 3.05) is 19.6 Å². The number of benzene rings is 1. The molecule has 0 radical (unpaired) electrons. The van der Waals surface area contributed by atoms with Gasteiger partial charge in [0.15, 0.2) is 11.5 Å². The summed E-state index contributed by atoms with van der Waals surface area (Å²) in [6, 6.07) is 2.40. The Balaban J connectivity index is 1.20. The predicted octanol–water partition coefficient (Wildman–Crippen LogP) is 2.03. The molecule has 0 bridgehead atoms. The van der Waals surface area contributed by atoms with E-state index in [1.54, 1.807) is 4.90 Å². The highest BCUT2D eigenvalue weighted by atomic mass is 19.4. The molecule has 1 unspecified atom stereocenters. The second-order valence-electron chi connectivity index (χ2n) is 9.18. The number of likely N-dealkylation sites (tertiary alicyclic amines) is 1. The molecule has 1 aliphatic heterocycles. The van der Waals surface area contributed by atoms with Gasteiger partial charge in [-0.3, -0.25) is 19.2 Å². The normalized spacial score (nSPS) is 15.1. The molecule has 3 heterocycles. The van der Waals surface area contributed by atoms with Crippen molar-refractivity contribution in [3.05, 3.63) is 53.4 Å². The smallest absolute Gasteiger partial charge is 0.406 e. The van der Waals surface area contributed by atoms with E-state index >= 15 is 0 Å². The van der Waals surface area contributed by atoms with Crippen LogP contribution >= 0.6 is 0 Å². The molecule has 1 atom stereocenters. The molecule has 1 amide bonds. The minimum Gasteiger partial charge on any atom is -0.406 e. The van der Waals surface area contributed by atoms with Crippen LogP contribution in [0.25, 0.3) is 0 Å². The number of aromatic nitrogens is 6. The van der Waals surface area contributed by atoms with Crippen molar-refractivity contribution in [1.29, 1.82) is 0 Å². The fourth-order valence-electron chi connectivity index (χ4n) is 3.88. The Morgan fingerprint density at radius 2 is 1.88 bits per heavy atom. The van der Waals surface area contributed by atoms with Crippen LogP contribution in [-0.4, -0.2) is 84.9 Å². The minimum absolute atomic E-state index is 0.00755. The van der Waals surface area contributed by atoms with Crippen molar-refractivity contribution in [3.63, 3.8) is 0 Å². The standard InChI is InChI=1S/C23H24F6N8O3/c24-15(10-37-11-17(31-33-37)6-18(38)12-35-8-16(25)9-35)3-4-36-13-21(32-34-36)22(39)30-7-14-5-19(1-2-20(14)26)40-23(27,28)29/h1-2,5,11,13,15-16H,3-4,6-10,12H2,(H,30,39). The summed E-state index contributed by atoms with van der Waals surface area (Å²) < 4.78 is 84.6. The van der Waals surface area contributed by atoms with Crippen LogP contribution in [0.1, 0.15) is 28.2 Å². The van der Waals surface area contributed by atoms with Gasteiger partial charge in [-0.25, -0.2) is 17.9 Å². The number of alkyl halides is 5. The molecule has 0 spiro atoms. The second kappa shape index (κ2) is 12.4. The monoisotopic (exact) mass is 574 g/mol. The lowest BCUT2D eigenvalue weighted by Crippen LogP contribution is -2.50. The number of carbonyl (C=O) groups excluding carboxylic acids is 2. The Morgan fingerprint density at radius 1 is 1.12 bits per heavy atom. The molecule has 17 heteroatoms. The lowest BCUT2D eigenvalue weighted by molar-refractivity contribution is -0.274. The third kappa shape index (κ3) is 8.49. The van der Waals surface area contributed by atoms with Gasteiger partial charge in [0.2, 0.25) is 0 Å². The maximum Gasteiger partial charge on any atom is 0.573 e. The van der Waals surface area contributed by atoms with Gasteiger partial charge < -0.3 is 10.1 Å². The number of rotatable bonds is 13. The first-order valence-electron chi connectivity index (χ1n) is 12.1. The summed E-state index contributed by atoms with van der Waals surface area (Å²) in [7, 11) is 0. The van der Waals surface area contributed by atoms with Gasteiger partial charge >= 0.3 is 6.36 Å². The van der Waals surface area contributed by atoms with Crippen LogP contribution in [0, 0.1) is 5.82 Å². The molecule has 0 aliphatic carbocycles. The first-order valence-corrected chi connectivity index (χ1v) is 12.1. The molecule has 216 valence electrons. The van der Waals surface area contributed by atoms with Crippen LogP contribution in [0.3, 0.4) is 0 Å². The summed E-state index contributed by atoms with van der Waals surface area (Å²) in [5.41, 5.74) is -0.0280. The number of ketones is 1. The summed E-state index contributed by atoms with van der Waals surface area (Å²) in [6.45, 7) is 0.0653. The highest BCUT2D eigenvalue weighted by molar-refractivity contribution is 5.91. The molecule has 1 saturated heterocycles. The van der Waals surface area contributed by atoms with Crippen LogP contribution < -0.4 is 10.1 Å². The van der Waals surface area contributed by atoms with Crippen molar-refractivity contribution in [1.82, 2.24) is 40.2 Å². The van der Waals surface area contributed by atoms with Gasteiger partial charge in [-0.05, 0) is 18.2 Å². The molecule has 11 nitrogen and oxygen atoms in total. The Bertz CT molecular complexity index is 1320. The zero-order valence-electron chi connectivity index (χ0n) is 20.8. The fraction of sp³-hybridized carbons (Fsp3) is 0.478. The number of carbonyl (C=O) groups is 2. The molecule has 3 aromatic rings. The summed E-state index contributed by atoms with van der Waals surface area (Å²) in [6.07, 6.45) is -4.53. The van der Waals surface area contributed by atoms with Gasteiger partial charge in [-0.15, -0.1) is 23.4 Å². The zero-order chi connectivity index (χ0) is 28.9. The second-order valence-corrected chi connectivity index (χ2v) is 9.18. The SMILES string of the molecule is O=C(Cc1cn(CC(F)CCn2cc(C(=O)NCc3cc(OC(F)(F)F)ccc3F)nn2)nn1)CN1CC(F)C1. The van der Waals surface area contributed by atoms with Gasteiger partial charge in [-0.2, -0.15) is 0 Å². The minimum atomic E-state index is -4.95.